The second kappa shape index (κ2) is 22.2. The maximum atomic E-state index is 13.7. The summed E-state index contributed by atoms with van der Waals surface area (Å²) >= 11 is 3.36. The Kier molecular flexibility index (Phi) is 15.0. The number of fused-ring (bicyclic) bond motifs is 4. The first kappa shape index (κ1) is 53.5. The van der Waals surface area contributed by atoms with E-state index < -0.39 is 11.6 Å². The third-order valence-electron chi connectivity index (χ3n) is 13.7. The van der Waals surface area contributed by atoms with Crippen LogP contribution in [0.25, 0.3) is 85.4 Å². The number of aldehydes is 1. The number of carbonyl (C=O) groups is 1. The van der Waals surface area contributed by atoms with Crippen molar-refractivity contribution in [2.24, 2.45) is 4.99 Å². The number of nitrogens with two attached hydrogens (primary N) is 1. The number of para-hydroxylation sites is 2. The molecule has 0 bridgehead atoms. The molecule has 392 valence electrons. The van der Waals surface area contributed by atoms with Crippen LogP contribution in [0.2, 0.25) is 0 Å². The van der Waals surface area contributed by atoms with Crippen molar-refractivity contribution in [2.45, 2.75) is 52.4 Å². The fraction of sp³-hybridized carbons (Fsp3) is 0.118. The number of aromatic hydroxyl groups is 2. The minimum Gasteiger partial charge on any atom is -0.507 e. The molecule has 0 spiro atoms. The molecule has 7 nitrogen and oxygen atoms in total. The summed E-state index contributed by atoms with van der Waals surface area (Å²) in [5.41, 5.74) is 19.2. The summed E-state index contributed by atoms with van der Waals surface area (Å²) in [4.78, 5) is 24.9. The van der Waals surface area contributed by atoms with Gasteiger partial charge in [0.05, 0.1) is 31.7 Å². The van der Waals surface area contributed by atoms with E-state index in [0.29, 0.717) is 17.5 Å². The predicted molar refractivity (Wildman–Crippen MR) is 327 cm³/mol. The molecule has 10 aromatic carbocycles. The third-order valence-corrected chi connectivity index (χ3v) is 15.7. The maximum Gasteiger partial charge on any atom is 0.153 e. The first-order chi connectivity index (χ1) is 37.9. The van der Waals surface area contributed by atoms with Gasteiger partial charge in [-0.25, -0.2) is 18.7 Å². The number of aliphatic imine (C=N–C) groups is 1. The summed E-state index contributed by atoms with van der Waals surface area (Å²) in [6, 6.07) is 61.9. The standard InChI is InChI=1S/C34H27FN2OS.C27H24N2S.C7H5FO2/c1-34(2,3)23-18-28(26-13-8-10-21-9-4-5-11-25(21)26)32-31(19-23)39-33(37-32)27-12-6-7-14-29(27)36-20-22-17-24(35)15-16-30(22)38;1-27(2,3)18-15-22(20-13-8-10-17-9-4-5-11-19(17)20)25-24(16-18)30-26(29-25)21-12-6-7-14-23(21)28;8-6-1-2-7(10)5(3-6)4-9/h4-20,38H,1-3H3;4-16H,28H2,1-3H3;1-4,10H. The molecule has 11 heteroatoms. The molecule has 0 aliphatic rings. The van der Waals surface area contributed by atoms with E-state index in [0.717, 1.165) is 71.9 Å². The SMILES string of the molecule is CC(C)(C)c1cc(-c2cccc3ccccc23)c2nc(-c3ccccc3N)sc2c1.CC(C)(C)c1cc(-c2cccc3ccccc23)c2nc(-c3ccccc3N=Cc3cc(F)ccc3O)sc2c1.O=Cc1cc(F)ccc1O. The highest BCUT2D eigenvalue weighted by Crippen LogP contribution is 2.45. The Hall–Kier alpha value is -8.90. The Bertz CT molecular complexity index is 4270. The topological polar surface area (TPSA) is 122 Å². The molecule has 0 unspecified atom stereocenters. The van der Waals surface area contributed by atoms with Crippen molar-refractivity contribution in [3.63, 3.8) is 0 Å². The molecule has 12 aromatic rings. The zero-order valence-corrected chi connectivity index (χ0v) is 46.1. The van der Waals surface area contributed by atoms with Crippen molar-refractivity contribution in [1.29, 1.82) is 0 Å². The number of phenols is 2. The van der Waals surface area contributed by atoms with Gasteiger partial charge in [0.1, 0.15) is 33.1 Å². The van der Waals surface area contributed by atoms with Gasteiger partial charge < -0.3 is 15.9 Å². The van der Waals surface area contributed by atoms with Crippen LogP contribution in [0.3, 0.4) is 0 Å². The smallest absolute Gasteiger partial charge is 0.153 e. The van der Waals surface area contributed by atoms with Gasteiger partial charge >= 0.3 is 0 Å². The van der Waals surface area contributed by atoms with Gasteiger partial charge in [0.25, 0.3) is 0 Å². The Morgan fingerprint density at radius 1 is 0.481 bits per heavy atom. The Morgan fingerprint density at radius 3 is 1.42 bits per heavy atom. The van der Waals surface area contributed by atoms with Crippen LogP contribution >= 0.6 is 22.7 Å². The summed E-state index contributed by atoms with van der Waals surface area (Å²) < 4.78 is 28.3. The fourth-order valence-corrected chi connectivity index (χ4v) is 11.5. The molecule has 79 heavy (non-hydrogen) atoms. The average molecular weight is 1080 g/mol. The summed E-state index contributed by atoms with van der Waals surface area (Å²) in [7, 11) is 0. The lowest BCUT2D eigenvalue weighted by molar-refractivity contribution is 0.112. The van der Waals surface area contributed by atoms with E-state index in [-0.39, 0.29) is 27.9 Å². The number of benzene rings is 10. The monoisotopic (exact) mass is 1080 g/mol. The first-order valence-corrected chi connectivity index (χ1v) is 27.3. The van der Waals surface area contributed by atoms with Gasteiger partial charge in [0.15, 0.2) is 6.29 Å². The number of hydrogen-bond acceptors (Lipinski definition) is 9. The van der Waals surface area contributed by atoms with Gasteiger partial charge in [-0.05, 0) is 140 Å². The van der Waals surface area contributed by atoms with Gasteiger partial charge in [-0.2, -0.15) is 0 Å². The number of aromatic nitrogens is 2. The second-order valence-electron chi connectivity index (χ2n) is 21.2. The lowest BCUT2D eigenvalue weighted by Gasteiger charge is -2.20. The molecule has 0 radical (unpaired) electrons. The van der Waals surface area contributed by atoms with Crippen LogP contribution in [0.5, 0.6) is 11.5 Å². The summed E-state index contributed by atoms with van der Waals surface area (Å²) in [6.45, 7) is 13.5. The molecule has 0 saturated carbocycles. The van der Waals surface area contributed by atoms with E-state index in [1.807, 2.05) is 42.5 Å². The Balaban J connectivity index is 0.000000155. The second-order valence-corrected chi connectivity index (χ2v) is 23.3. The molecule has 2 heterocycles. The van der Waals surface area contributed by atoms with Crippen LogP contribution < -0.4 is 5.73 Å². The number of thiazole rings is 2. The van der Waals surface area contributed by atoms with Gasteiger partial charge in [-0.1, -0.05) is 151 Å². The molecule has 0 aliphatic heterocycles. The molecule has 4 N–H and O–H groups in total. The molecule has 0 fully saturated rings. The van der Waals surface area contributed by atoms with Gasteiger partial charge in [-0.15, -0.1) is 22.7 Å². The first-order valence-electron chi connectivity index (χ1n) is 25.7. The van der Waals surface area contributed by atoms with Crippen LogP contribution in [-0.2, 0) is 10.8 Å². The van der Waals surface area contributed by atoms with Gasteiger partial charge in [0, 0.05) is 39.7 Å². The lowest BCUT2D eigenvalue weighted by Crippen LogP contribution is -2.11. The molecular formula is C68H56F2N4O3S2. The number of anilines is 1. The van der Waals surface area contributed by atoms with Crippen LogP contribution in [0.4, 0.5) is 20.2 Å². The van der Waals surface area contributed by atoms with E-state index in [1.165, 1.54) is 72.9 Å². The van der Waals surface area contributed by atoms with Crippen molar-refractivity contribution >= 4 is 88.5 Å². The molecule has 12 rings (SSSR count). The van der Waals surface area contributed by atoms with E-state index in [1.54, 1.807) is 22.7 Å². The Labute approximate surface area is 465 Å². The number of halogens is 2. The van der Waals surface area contributed by atoms with Gasteiger partial charge in [-0.3, -0.25) is 9.79 Å². The largest absolute Gasteiger partial charge is 0.507 e. The number of carbonyl (C=O) groups excluding carboxylic acids is 1. The van der Waals surface area contributed by atoms with Gasteiger partial charge in [0.2, 0.25) is 0 Å². The number of hydrogen-bond donors (Lipinski definition) is 3. The summed E-state index contributed by atoms with van der Waals surface area (Å²) in [5.74, 6) is -1.17. The number of nitrogens with zero attached hydrogens (tertiary/aromatic N) is 3. The predicted octanol–water partition coefficient (Wildman–Crippen LogP) is 18.7. The molecule has 0 atom stereocenters. The molecule has 0 aliphatic carbocycles. The number of nitrogen functional groups attached to an aromatic ring is 1. The number of phenolic OH excluding ortho intramolecular Hbond substituents is 2. The average Bonchev–Trinajstić information content (AvgIpc) is 4.34. The molecule has 0 saturated heterocycles. The fourth-order valence-electron chi connectivity index (χ4n) is 9.33. The van der Waals surface area contributed by atoms with Crippen molar-refractivity contribution in [3.05, 3.63) is 228 Å². The highest BCUT2D eigenvalue weighted by molar-refractivity contribution is 7.22. The number of rotatable bonds is 7. The lowest BCUT2D eigenvalue weighted by atomic mass is 9.84. The van der Waals surface area contributed by atoms with Crippen LogP contribution in [0.1, 0.15) is 68.6 Å². The quantitative estimate of drug-likeness (QED) is 0.0830. The molecule has 2 aromatic heterocycles. The highest BCUT2D eigenvalue weighted by atomic mass is 32.1. The molecule has 0 amide bonds. The van der Waals surface area contributed by atoms with Crippen molar-refractivity contribution < 1.29 is 23.8 Å². The van der Waals surface area contributed by atoms with Crippen LogP contribution in [0.15, 0.2) is 199 Å². The van der Waals surface area contributed by atoms with Crippen molar-refractivity contribution in [1.82, 2.24) is 9.97 Å². The van der Waals surface area contributed by atoms with Crippen LogP contribution in [-0.4, -0.2) is 32.7 Å². The van der Waals surface area contributed by atoms with E-state index >= 15 is 0 Å². The summed E-state index contributed by atoms with van der Waals surface area (Å²) in [6.07, 6.45) is 1.89. The molecular weight excluding hydrogens is 1020 g/mol. The van der Waals surface area contributed by atoms with Crippen LogP contribution in [0, 0.1) is 11.6 Å². The van der Waals surface area contributed by atoms with E-state index in [9.17, 15) is 18.7 Å². The minimum absolute atomic E-state index is 0.0212. The normalized spacial score (nSPS) is 11.7. The highest BCUT2D eigenvalue weighted by Gasteiger charge is 2.23. The van der Waals surface area contributed by atoms with E-state index in [2.05, 4.69) is 162 Å². The summed E-state index contributed by atoms with van der Waals surface area (Å²) in [5, 5.41) is 25.7. The maximum absolute atomic E-state index is 13.7. The zero-order chi connectivity index (χ0) is 55.6. The van der Waals surface area contributed by atoms with Crippen molar-refractivity contribution in [2.75, 3.05) is 5.73 Å². The van der Waals surface area contributed by atoms with E-state index in [4.69, 9.17) is 20.8 Å². The Morgan fingerprint density at radius 2 is 0.911 bits per heavy atom. The third kappa shape index (κ3) is 11.6. The van der Waals surface area contributed by atoms with Crippen molar-refractivity contribution in [3.8, 4) is 54.9 Å². The zero-order valence-electron chi connectivity index (χ0n) is 44.4. The minimum atomic E-state index is -0.528.